The zero-order valence-electron chi connectivity index (χ0n) is 14.6. The highest BCUT2D eigenvalue weighted by molar-refractivity contribution is 5.98. The number of nitrogens with one attached hydrogen (secondary N) is 2. The SMILES string of the molecule is O=C(NCCOC(=O)Nc1ccnc2ccccc12)OCc1ccccc1. The lowest BCUT2D eigenvalue weighted by Crippen LogP contribution is -2.29. The fraction of sp³-hybridized carbons (Fsp3) is 0.150. The number of rotatable bonds is 6. The number of pyridine rings is 1. The van der Waals surface area contributed by atoms with Gasteiger partial charge >= 0.3 is 12.2 Å². The average molecular weight is 365 g/mol. The summed E-state index contributed by atoms with van der Waals surface area (Å²) in [5, 5.41) is 6.02. The van der Waals surface area contributed by atoms with Gasteiger partial charge in [-0.1, -0.05) is 48.5 Å². The second kappa shape index (κ2) is 9.19. The molecule has 0 fully saturated rings. The topological polar surface area (TPSA) is 89.5 Å². The molecule has 0 saturated carbocycles. The van der Waals surface area contributed by atoms with Gasteiger partial charge in [-0.15, -0.1) is 0 Å². The lowest BCUT2D eigenvalue weighted by atomic mass is 10.2. The molecule has 0 aliphatic rings. The molecular weight excluding hydrogens is 346 g/mol. The molecule has 0 aliphatic carbocycles. The molecule has 27 heavy (non-hydrogen) atoms. The molecule has 0 bridgehead atoms. The van der Waals surface area contributed by atoms with E-state index in [1.807, 2.05) is 54.6 Å². The van der Waals surface area contributed by atoms with Crippen molar-refractivity contribution in [2.45, 2.75) is 6.61 Å². The van der Waals surface area contributed by atoms with Crippen LogP contribution < -0.4 is 10.6 Å². The summed E-state index contributed by atoms with van der Waals surface area (Å²) in [5.41, 5.74) is 2.28. The lowest BCUT2D eigenvalue weighted by Gasteiger charge is -2.10. The van der Waals surface area contributed by atoms with Crippen LogP contribution in [0.1, 0.15) is 5.56 Å². The minimum absolute atomic E-state index is 0.0231. The van der Waals surface area contributed by atoms with E-state index >= 15 is 0 Å². The highest BCUT2D eigenvalue weighted by Gasteiger charge is 2.08. The number of hydrogen-bond acceptors (Lipinski definition) is 5. The Balaban J connectivity index is 1.37. The van der Waals surface area contributed by atoms with E-state index in [4.69, 9.17) is 9.47 Å². The molecule has 1 heterocycles. The molecule has 7 nitrogen and oxygen atoms in total. The summed E-state index contributed by atoms with van der Waals surface area (Å²) in [6, 6.07) is 18.5. The van der Waals surface area contributed by atoms with Crippen molar-refractivity contribution in [1.82, 2.24) is 10.3 Å². The van der Waals surface area contributed by atoms with Gasteiger partial charge in [-0.3, -0.25) is 10.3 Å². The van der Waals surface area contributed by atoms with Crippen LogP contribution in [0.25, 0.3) is 10.9 Å². The molecule has 0 spiro atoms. The molecule has 0 radical (unpaired) electrons. The molecule has 2 N–H and O–H groups in total. The maximum atomic E-state index is 11.9. The quantitative estimate of drug-likeness (QED) is 0.650. The first-order valence-electron chi connectivity index (χ1n) is 8.44. The zero-order chi connectivity index (χ0) is 18.9. The Kier molecular flexibility index (Phi) is 6.19. The largest absolute Gasteiger partial charge is 0.447 e. The summed E-state index contributed by atoms with van der Waals surface area (Å²) in [6.45, 7) is 0.358. The van der Waals surface area contributed by atoms with Crippen molar-refractivity contribution in [2.24, 2.45) is 0 Å². The Morgan fingerprint density at radius 3 is 2.52 bits per heavy atom. The third kappa shape index (κ3) is 5.43. The van der Waals surface area contributed by atoms with Crippen molar-refractivity contribution in [3.63, 3.8) is 0 Å². The average Bonchev–Trinajstić information content (AvgIpc) is 2.71. The van der Waals surface area contributed by atoms with Crippen molar-refractivity contribution >= 4 is 28.8 Å². The van der Waals surface area contributed by atoms with Crippen LogP contribution in [-0.2, 0) is 16.1 Å². The maximum Gasteiger partial charge on any atom is 0.411 e. The Bertz CT molecular complexity index is 910. The van der Waals surface area contributed by atoms with E-state index < -0.39 is 12.2 Å². The van der Waals surface area contributed by atoms with Gasteiger partial charge in [0.15, 0.2) is 0 Å². The van der Waals surface area contributed by atoms with Gasteiger partial charge in [0.05, 0.1) is 17.7 Å². The van der Waals surface area contributed by atoms with Crippen LogP contribution in [0.3, 0.4) is 0 Å². The zero-order valence-corrected chi connectivity index (χ0v) is 14.6. The molecule has 2 amide bonds. The van der Waals surface area contributed by atoms with E-state index in [9.17, 15) is 9.59 Å². The summed E-state index contributed by atoms with van der Waals surface area (Å²) in [4.78, 5) is 27.7. The van der Waals surface area contributed by atoms with Crippen LogP contribution >= 0.6 is 0 Å². The van der Waals surface area contributed by atoms with Crippen molar-refractivity contribution in [2.75, 3.05) is 18.5 Å². The summed E-state index contributed by atoms with van der Waals surface area (Å²) < 4.78 is 10.1. The molecule has 7 heteroatoms. The minimum Gasteiger partial charge on any atom is -0.447 e. The van der Waals surface area contributed by atoms with Crippen LogP contribution in [0.2, 0.25) is 0 Å². The van der Waals surface area contributed by atoms with Crippen molar-refractivity contribution in [3.8, 4) is 0 Å². The van der Waals surface area contributed by atoms with Gasteiger partial charge in [0.2, 0.25) is 0 Å². The Morgan fingerprint density at radius 2 is 1.67 bits per heavy atom. The number of fused-ring (bicyclic) bond motifs is 1. The number of carbonyl (C=O) groups excluding carboxylic acids is 2. The molecule has 1 aromatic heterocycles. The molecule has 3 rings (SSSR count). The van der Waals surface area contributed by atoms with Crippen LogP contribution in [0.5, 0.6) is 0 Å². The normalized spacial score (nSPS) is 10.2. The second-order valence-corrected chi connectivity index (χ2v) is 5.63. The fourth-order valence-electron chi connectivity index (χ4n) is 2.42. The van der Waals surface area contributed by atoms with Gasteiger partial charge in [-0.05, 0) is 17.7 Å². The number of alkyl carbamates (subject to hydrolysis) is 1. The smallest absolute Gasteiger partial charge is 0.411 e. The fourth-order valence-corrected chi connectivity index (χ4v) is 2.42. The van der Waals surface area contributed by atoms with E-state index in [1.165, 1.54) is 0 Å². The van der Waals surface area contributed by atoms with Crippen LogP contribution in [0.15, 0.2) is 66.9 Å². The predicted octanol–water partition coefficient (Wildman–Crippen LogP) is 3.71. The number of aromatic nitrogens is 1. The molecule has 0 saturated heterocycles. The summed E-state index contributed by atoms with van der Waals surface area (Å²) in [5.74, 6) is 0. The van der Waals surface area contributed by atoms with E-state index in [2.05, 4.69) is 15.6 Å². The molecule has 0 unspecified atom stereocenters. The molecule has 3 aromatic rings. The number of anilines is 1. The first-order valence-corrected chi connectivity index (χ1v) is 8.44. The Hall–Kier alpha value is -3.61. The number of amides is 2. The van der Waals surface area contributed by atoms with Crippen LogP contribution in [0, 0.1) is 0 Å². The first-order chi connectivity index (χ1) is 13.2. The van der Waals surface area contributed by atoms with E-state index in [1.54, 1.807) is 12.3 Å². The van der Waals surface area contributed by atoms with E-state index in [0.717, 1.165) is 16.5 Å². The second-order valence-electron chi connectivity index (χ2n) is 5.63. The number of para-hydroxylation sites is 1. The third-order valence-electron chi connectivity index (χ3n) is 3.70. The number of carbonyl (C=O) groups is 2. The third-order valence-corrected chi connectivity index (χ3v) is 3.70. The number of benzene rings is 2. The van der Waals surface area contributed by atoms with Gasteiger partial charge in [-0.25, -0.2) is 9.59 Å². The summed E-state index contributed by atoms with van der Waals surface area (Å²) >= 11 is 0. The molecule has 2 aromatic carbocycles. The summed E-state index contributed by atoms with van der Waals surface area (Å²) in [7, 11) is 0. The molecule has 0 aliphatic heterocycles. The van der Waals surface area contributed by atoms with Crippen molar-refractivity contribution < 1.29 is 19.1 Å². The lowest BCUT2D eigenvalue weighted by molar-refractivity contribution is 0.132. The molecule has 138 valence electrons. The monoisotopic (exact) mass is 365 g/mol. The van der Waals surface area contributed by atoms with Gasteiger partial charge in [0.25, 0.3) is 0 Å². The Labute approximate surface area is 156 Å². The molecular formula is C20H19N3O4. The van der Waals surface area contributed by atoms with Gasteiger partial charge in [0, 0.05) is 11.6 Å². The highest BCUT2D eigenvalue weighted by Crippen LogP contribution is 2.20. The van der Waals surface area contributed by atoms with Crippen molar-refractivity contribution in [1.29, 1.82) is 0 Å². The first kappa shape index (κ1) is 18.2. The number of ether oxygens (including phenoxy) is 2. The van der Waals surface area contributed by atoms with E-state index in [0.29, 0.717) is 5.69 Å². The van der Waals surface area contributed by atoms with Crippen LogP contribution in [0.4, 0.5) is 15.3 Å². The standard InChI is InChI=1S/C20H19N3O4/c24-19(27-14-15-6-2-1-3-7-15)22-12-13-26-20(25)23-18-10-11-21-17-9-5-4-8-16(17)18/h1-11H,12-14H2,(H,22,24)(H,21,23,25). The number of nitrogens with zero attached hydrogens (tertiary/aromatic N) is 1. The van der Waals surface area contributed by atoms with Gasteiger partial charge in [0.1, 0.15) is 13.2 Å². The van der Waals surface area contributed by atoms with Gasteiger partial charge in [-0.2, -0.15) is 0 Å². The van der Waals surface area contributed by atoms with Gasteiger partial charge < -0.3 is 14.8 Å². The predicted molar refractivity (Wildman–Crippen MR) is 101 cm³/mol. The highest BCUT2D eigenvalue weighted by atomic mass is 16.6. The van der Waals surface area contributed by atoms with Crippen molar-refractivity contribution in [3.05, 3.63) is 72.4 Å². The number of hydrogen-bond donors (Lipinski definition) is 2. The molecule has 0 atom stereocenters. The van der Waals surface area contributed by atoms with Crippen LogP contribution in [-0.4, -0.2) is 30.3 Å². The van der Waals surface area contributed by atoms with E-state index in [-0.39, 0.29) is 19.8 Å². The Morgan fingerprint density at radius 1 is 0.889 bits per heavy atom. The maximum absolute atomic E-state index is 11.9. The minimum atomic E-state index is -0.606. The summed E-state index contributed by atoms with van der Waals surface area (Å²) in [6.07, 6.45) is 0.441.